The summed E-state index contributed by atoms with van der Waals surface area (Å²) in [6, 6.07) is 0. The fourth-order valence-electron chi connectivity index (χ4n) is 2.07. The van der Waals surface area contributed by atoms with Gasteiger partial charge in [0.2, 0.25) is 0 Å². The van der Waals surface area contributed by atoms with Crippen LogP contribution in [0.5, 0.6) is 0 Å². The molecule has 0 spiro atoms. The molecule has 2 unspecified atom stereocenters. The monoisotopic (exact) mass is 336 g/mol. The van der Waals surface area contributed by atoms with Gasteiger partial charge in [0.05, 0.1) is 12.8 Å². The molecule has 2 atom stereocenters. The van der Waals surface area contributed by atoms with E-state index in [2.05, 4.69) is 0 Å². The number of carbonyl (C=O) groups is 2. The summed E-state index contributed by atoms with van der Waals surface area (Å²) in [4.78, 5) is 21.5. The van der Waals surface area contributed by atoms with Crippen LogP contribution in [0.1, 0.15) is 12.8 Å². The van der Waals surface area contributed by atoms with Crippen LogP contribution in [-0.4, -0.2) is 33.4 Å². The van der Waals surface area contributed by atoms with Crippen LogP contribution < -0.4 is 0 Å². The van der Waals surface area contributed by atoms with Gasteiger partial charge in [-0.1, -0.05) is 12.2 Å². The second-order valence-corrected chi connectivity index (χ2v) is 5.00. The first-order chi connectivity index (χ1) is 7.42. The second kappa shape index (κ2) is 3.56. The maximum absolute atomic E-state index is 10.8. The summed E-state index contributed by atoms with van der Waals surface area (Å²) >= 11 is 2.00. The van der Waals surface area contributed by atoms with Gasteiger partial charge in [0.25, 0.3) is 0 Å². The minimum absolute atomic E-state index is 0.209. The minimum Gasteiger partial charge on any atom is -0.481 e. The summed E-state index contributed by atoms with van der Waals surface area (Å²) in [6.45, 7) is 0. The van der Waals surface area contributed by atoms with Gasteiger partial charge in [-0.25, -0.2) is 0 Å². The number of halogens is 1. The molecule has 1 aliphatic carbocycles. The third-order valence-electron chi connectivity index (χ3n) is 2.81. The number of rotatable bonds is 4. The van der Waals surface area contributed by atoms with E-state index in [1.807, 2.05) is 22.6 Å². The number of carboxylic acids is 2. The Labute approximate surface area is 105 Å². The highest BCUT2D eigenvalue weighted by Crippen LogP contribution is 2.61. The Kier molecular flexibility index (Phi) is 2.58. The lowest BCUT2D eigenvalue weighted by Gasteiger charge is -2.17. The molecule has 1 heterocycles. The van der Waals surface area contributed by atoms with Crippen LogP contribution in [0.2, 0.25) is 0 Å². The molecule has 0 radical (unpaired) electrons. The zero-order chi connectivity index (χ0) is 12.0. The van der Waals surface area contributed by atoms with E-state index in [1.165, 1.54) is 0 Å². The highest BCUT2D eigenvalue weighted by molar-refractivity contribution is 14.1. The summed E-state index contributed by atoms with van der Waals surface area (Å²) in [5.74, 6) is -1.99. The first-order valence-electron chi connectivity index (χ1n) is 4.61. The third kappa shape index (κ3) is 1.56. The first-order valence-corrected chi connectivity index (χ1v) is 5.69. The molecule has 0 amide bonds. The van der Waals surface area contributed by atoms with Gasteiger partial charge in [-0.15, -0.1) is 0 Å². The fourth-order valence-corrected chi connectivity index (χ4v) is 3.04. The molecule has 0 aromatic carbocycles. The number of fused-ring (bicyclic) bond motifs is 1. The average molecular weight is 336 g/mol. The van der Waals surface area contributed by atoms with Crippen LogP contribution in [-0.2, 0) is 14.3 Å². The molecular weight excluding hydrogens is 327 g/mol. The Morgan fingerprint density at radius 2 is 1.94 bits per heavy atom. The molecule has 0 aromatic rings. The number of hydrogen-bond donors (Lipinski definition) is 2. The Balaban J connectivity index is 2.30. The van der Waals surface area contributed by atoms with Crippen molar-refractivity contribution in [2.75, 3.05) is 0 Å². The molecule has 5 nitrogen and oxygen atoms in total. The SMILES string of the molecule is O=C(O)CC12C=CC=C(I)C1(CC(=O)O)O2. The van der Waals surface area contributed by atoms with E-state index in [-0.39, 0.29) is 12.8 Å². The smallest absolute Gasteiger partial charge is 0.306 e. The van der Waals surface area contributed by atoms with E-state index in [4.69, 9.17) is 14.9 Å². The van der Waals surface area contributed by atoms with E-state index >= 15 is 0 Å². The summed E-state index contributed by atoms with van der Waals surface area (Å²) in [7, 11) is 0. The molecule has 1 saturated heterocycles. The van der Waals surface area contributed by atoms with Crippen LogP contribution in [0.25, 0.3) is 0 Å². The Morgan fingerprint density at radius 3 is 2.50 bits per heavy atom. The van der Waals surface area contributed by atoms with E-state index in [1.54, 1.807) is 18.2 Å². The van der Waals surface area contributed by atoms with Crippen LogP contribution in [0, 0.1) is 0 Å². The average Bonchev–Trinajstić information content (AvgIpc) is 2.72. The molecule has 2 aliphatic rings. The van der Waals surface area contributed by atoms with E-state index < -0.39 is 23.1 Å². The lowest BCUT2D eigenvalue weighted by atomic mass is 9.84. The topological polar surface area (TPSA) is 87.1 Å². The number of carboxylic acid groups (broad SMARTS) is 2. The lowest BCUT2D eigenvalue weighted by Crippen LogP contribution is -2.31. The third-order valence-corrected chi connectivity index (χ3v) is 4.04. The summed E-state index contributed by atoms with van der Waals surface area (Å²) in [5.41, 5.74) is -1.94. The Bertz CT molecular complexity index is 427. The van der Waals surface area contributed by atoms with Gasteiger partial charge in [-0.2, -0.15) is 0 Å². The molecule has 2 rings (SSSR count). The molecule has 0 bridgehead atoms. The number of epoxide rings is 1. The number of hydrogen-bond acceptors (Lipinski definition) is 3. The predicted octanol–water partition coefficient (Wildman–Crippen LogP) is 1.33. The van der Waals surface area contributed by atoms with Crippen molar-refractivity contribution in [3.05, 3.63) is 21.8 Å². The predicted molar refractivity (Wildman–Crippen MR) is 62.3 cm³/mol. The van der Waals surface area contributed by atoms with Crippen molar-refractivity contribution in [1.29, 1.82) is 0 Å². The van der Waals surface area contributed by atoms with Crippen molar-refractivity contribution >= 4 is 34.5 Å². The van der Waals surface area contributed by atoms with Crippen LogP contribution in [0.15, 0.2) is 21.8 Å². The number of allylic oxidation sites excluding steroid dienone is 2. The molecule has 0 aromatic heterocycles. The molecule has 0 saturated carbocycles. The summed E-state index contributed by atoms with van der Waals surface area (Å²) in [6.07, 6.45) is 4.66. The van der Waals surface area contributed by atoms with Crippen LogP contribution >= 0.6 is 22.6 Å². The highest BCUT2D eigenvalue weighted by Gasteiger charge is 2.72. The zero-order valence-corrected chi connectivity index (χ0v) is 10.3. The van der Waals surface area contributed by atoms with Crippen molar-refractivity contribution in [2.45, 2.75) is 24.0 Å². The van der Waals surface area contributed by atoms with Crippen molar-refractivity contribution in [1.82, 2.24) is 0 Å². The molecule has 2 N–H and O–H groups in total. The van der Waals surface area contributed by atoms with Crippen molar-refractivity contribution in [3.63, 3.8) is 0 Å². The molecular formula is C10H9IO5. The molecule has 16 heavy (non-hydrogen) atoms. The van der Waals surface area contributed by atoms with Crippen LogP contribution in [0.4, 0.5) is 0 Å². The maximum Gasteiger partial charge on any atom is 0.306 e. The number of aliphatic carboxylic acids is 2. The molecule has 1 aliphatic heterocycles. The minimum atomic E-state index is -0.997. The van der Waals surface area contributed by atoms with Crippen molar-refractivity contribution in [2.24, 2.45) is 0 Å². The highest BCUT2D eigenvalue weighted by atomic mass is 127. The fraction of sp³-hybridized carbons (Fsp3) is 0.400. The molecule has 6 heteroatoms. The first kappa shape index (κ1) is 11.6. The van der Waals surface area contributed by atoms with Gasteiger partial charge in [-0.05, 0) is 28.7 Å². The number of ether oxygens (including phenoxy) is 1. The van der Waals surface area contributed by atoms with E-state index in [0.29, 0.717) is 0 Å². The van der Waals surface area contributed by atoms with Crippen molar-refractivity contribution in [3.8, 4) is 0 Å². The van der Waals surface area contributed by atoms with Gasteiger partial charge < -0.3 is 14.9 Å². The maximum atomic E-state index is 10.8. The lowest BCUT2D eigenvalue weighted by molar-refractivity contribution is -0.139. The van der Waals surface area contributed by atoms with Gasteiger partial charge in [-0.3, -0.25) is 9.59 Å². The summed E-state index contributed by atoms with van der Waals surface area (Å²) in [5, 5.41) is 17.7. The van der Waals surface area contributed by atoms with Gasteiger partial charge >= 0.3 is 11.9 Å². The summed E-state index contributed by atoms with van der Waals surface area (Å²) < 4.78 is 6.20. The zero-order valence-electron chi connectivity index (χ0n) is 8.14. The Morgan fingerprint density at radius 1 is 1.31 bits per heavy atom. The quantitative estimate of drug-likeness (QED) is 0.598. The normalized spacial score (nSPS) is 35.2. The van der Waals surface area contributed by atoms with E-state index in [0.717, 1.165) is 3.58 Å². The largest absolute Gasteiger partial charge is 0.481 e. The van der Waals surface area contributed by atoms with E-state index in [9.17, 15) is 9.59 Å². The van der Waals surface area contributed by atoms with Gasteiger partial charge in [0.15, 0.2) is 0 Å². The molecule has 1 fully saturated rings. The van der Waals surface area contributed by atoms with Crippen molar-refractivity contribution < 1.29 is 24.5 Å². The van der Waals surface area contributed by atoms with Crippen LogP contribution in [0.3, 0.4) is 0 Å². The molecule has 86 valence electrons. The standard InChI is InChI=1S/C10H9IO5/c11-6-2-1-3-9(4-7(12)13)10(6,16-9)5-8(14)15/h1-3H,4-5H2,(H,12,13)(H,14,15). The van der Waals surface area contributed by atoms with Gasteiger partial charge in [0, 0.05) is 3.58 Å². The van der Waals surface area contributed by atoms with Gasteiger partial charge in [0.1, 0.15) is 11.2 Å². The Hall–Kier alpha value is -0.890. The second-order valence-electron chi connectivity index (χ2n) is 3.83.